The number of anilines is 1. The van der Waals surface area contributed by atoms with Gasteiger partial charge in [0.25, 0.3) is 0 Å². The molecule has 1 aliphatic carbocycles. The summed E-state index contributed by atoms with van der Waals surface area (Å²) in [4.78, 5) is 14.8. The van der Waals surface area contributed by atoms with E-state index in [1.807, 2.05) is 24.3 Å². The Morgan fingerprint density at radius 3 is 2.26 bits per heavy atom. The van der Waals surface area contributed by atoms with Crippen molar-refractivity contribution in [1.82, 2.24) is 0 Å². The van der Waals surface area contributed by atoms with Crippen molar-refractivity contribution in [2.45, 2.75) is 26.4 Å². The van der Waals surface area contributed by atoms with Crippen molar-refractivity contribution in [3.8, 4) is 0 Å². The Balaban J connectivity index is 1.77. The number of benzene rings is 2. The minimum absolute atomic E-state index is 0.0564. The minimum atomic E-state index is -0.693. The van der Waals surface area contributed by atoms with Crippen LogP contribution in [0, 0.1) is 5.92 Å². The molecule has 0 amide bonds. The van der Waals surface area contributed by atoms with Crippen LogP contribution in [0.3, 0.4) is 0 Å². The van der Waals surface area contributed by atoms with Gasteiger partial charge in [0.1, 0.15) is 0 Å². The van der Waals surface area contributed by atoms with Crippen molar-refractivity contribution in [3.05, 3.63) is 65.2 Å². The summed E-state index contributed by atoms with van der Waals surface area (Å²) < 4.78 is 0. The smallest absolute Gasteiger partial charge is 0.169 e. The lowest BCUT2D eigenvalue weighted by atomic mass is 9.93. The molecule has 0 saturated carbocycles. The van der Waals surface area contributed by atoms with E-state index in [2.05, 4.69) is 43.0 Å². The van der Waals surface area contributed by atoms with E-state index >= 15 is 0 Å². The number of aliphatic hydroxyl groups is 1. The average Bonchev–Trinajstić information content (AvgIpc) is 2.83. The fourth-order valence-electron chi connectivity index (χ4n) is 3.43. The lowest BCUT2D eigenvalue weighted by molar-refractivity contribution is 0.0757. The zero-order chi connectivity index (χ0) is 16.4. The Morgan fingerprint density at radius 1 is 1.00 bits per heavy atom. The summed E-state index contributed by atoms with van der Waals surface area (Å²) in [5.41, 5.74) is 3.72. The van der Waals surface area contributed by atoms with Gasteiger partial charge in [0, 0.05) is 24.3 Å². The summed E-state index contributed by atoms with van der Waals surface area (Å²) in [7, 11) is 0. The molecule has 0 saturated heterocycles. The third-order valence-corrected chi connectivity index (χ3v) is 4.78. The van der Waals surface area contributed by atoms with Crippen LogP contribution in [0.1, 0.15) is 41.4 Å². The van der Waals surface area contributed by atoms with Crippen LogP contribution in [0.4, 0.5) is 5.69 Å². The number of hydrogen-bond acceptors (Lipinski definition) is 3. The molecule has 0 radical (unpaired) electrons. The Kier molecular flexibility index (Phi) is 4.49. The average molecular weight is 309 g/mol. The van der Waals surface area contributed by atoms with Crippen molar-refractivity contribution < 1.29 is 9.90 Å². The number of Topliss-reactive ketones (excluding diaryl/α,β-unsaturated/α-hetero) is 1. The summed E-state index contributed by atoms with van der Waals surface area (Å²) in [6.07, 6.45) is -0.117. The van der Waals surface area contributed by atoms with Gasteiger partial charge in [-0.05, 0) is 43.5 Å². The molecule has 0 unspecified atom stereocenters. The number of ketones is 1. The van der Waals surface area contributed by atoms with Gasteiger partial charge >= 0.3 is 0 Å². The second-order valence-electron chi connectivity index (χ2n) is 6.05. The zero-order valence-corrected chi connectivity index (χ0v) is 13.7. The maximum atomic E-state index is 12.5. The lowest BCUT2D eigenvalue weighted by Crippen LogP contribution is -2.21. The van der Waals surface area contributed by atoms with Crippen molar-refractivity contribution in [3.63, 3.8) is 0 Å². The standard InChI is InChI=1S/C20H23NO2/c1-3-21(4-2)15-11-9-14(10-12-15)13-18-19(22)16-7-5-6-8-17(16)20(18)23/h5-12,18-19,22H,3-4,13H2,1-2H3/t18-,19+/m1/s1. The Hall–Kier alpha value is -2.13. The van der Waals surface area contributed by atoms with Crippen LogP contribution in [-0.4, -0.2) is 24.0 Å². The van der Waals surface area contributed by atoms with Gasteiger partial charge in [0.05, 0.1) is 12.0 Å². The predicted molar refractivity (Wildman–Crippen MR) is 92.9 cm³/mol. The number of rotatable bonds is 5. The van der Waals surface area contributed by atoms with Crippen molar-refractivity contribution in [1.29, 1.82) is 0 Å². The van der Waals surface area contributed by atoms with Gasteiger partial charge in [-0.2, -0.15) is 0 Å². The van der Waals surface area contributed by atoms with E-state index in [0.29, 0.717) is 12.0 Å². The molecule has 2 aromatic rings. The molecule has 2 aromatic carbocycles. The zero-order valence-electron chi connectivity index (χ0n) is 13.7. The maximum absolute atomic E-state index is 12.5. The summed E-state index contributed by atoms with van der Waals surface area (Å²) in [6, 6.07) is 15.7. The van der Waals surface area contributed by atoms with Crippen molar-refractivity contribution >= 4 is 11.5 Å². The fraction of sp³-hybridized carbons (Fsp3) is 0.350. The van der Waals surface area contributed by atoms with Crippen LogP contribution in [0.5, 0.6) is 0 Å². The van der Waals surface area contributed by atoms with E-state index < -0.39 is 6.10 Å². The molecule has 3 nitrogen and oxygen atoms in total. The molecule has 1 N–H and O–H groups in total. The highest BCUT2D eigenvalue weighted by molar-refractivity contribution is 6.03. The Morgan fingerprint density at radius 2 is 1.65 bits per heavy atom. The molecular formula is C20H23NO2. The number of fused-ring (bicyclic) bond motifs is 1. The van der Waals surface area contributed by atoms with Gasteiger partial charge in [-0.25, -0.2) is 0 Å². The first-order valence-electron chi connectivity index (χ1n) is 8.30. The normalized spacial score (nSPS) is 19.7. The molecule has 0 bridgehead atoms. The molecule has 0 fully saturated rings. The van der Waals surface area contributed by atoms with E-state index in [-0.39, 0.29) is 11.7 Å². The van der Waals surface area contributed by atoms with E-state index in [4.69, 9.17) is 0 Å². The van der Waals surface area contributed by atoms with Gasteiger partial charge in [0.15, 0.2) is 5.78 Å². The van der Waals surface area contributed by atoms with Gasteiger partial charge in [-0.1, -0.05) is 36.4 Å². The second-order valence-corrected chi connectivity index (χ2v) is 6.05. The Bertz CT molecular complexity index is 689. The number of carbonyl (C=O) groups excluding carboxylic acids is 1. The molecule has 120 valence electrons. The molecule has 3 heteroatoms. The summed E-state index contributed by atoms with van der Waals surface area (Å²) in [5, 5.41) is 10.5. The first-order chi connectivity index (χ1) is 11.2. The molecule has 1 aliphatic rings. The maximum Gasteiger partial charge on any atom is 0.169 e. The van der Waals surface area contributed by atoms with Crippen LogP contribution in [-0.2, 0) is 6.42 Å². The molecule has 0 aromatic heterocycles. The highest BCUT2D eigenvalue weighted by atomic mass is 16.3. The van der Waals surface area contributed by atoms with E-state index in [1.165, 1.54) is 5.69 Å². The third-order valence-electron chi connectivity index (χ3n) is 4.78. The van der Waals surface area contributed by atoms with E-state index in [9.17, 15) is 9.90 Å². The van der Waals surface area contributed by atoms with E-state index in [1.54, 1.807) is 0 Å². The second kappa shape index (κ2) is 6.55. The number of hydrogen-bond donors (Lipinski definition) is 1. The molecule has 0 aliphatic heterocycles. The van der Waals surface area contributed by atoms with Gasteiger partial charge < -0.3 is 10.0 Å². The largest absolute Gasteiger partial charge is 0.388 e. The predicted octanol–water partition coefficient (Wildman–Crippen LogP) is 3.62. The van der Waals surface area contributed by atoms with Crippen LogP contribution in [0.15, 0.2) is 48.5 Å². The summed E-state index contributed by atoms with van der Waals surface area (Å²) in [5.74, 6) is -0.312. The van der Waals surface area contributed by atoms with Gasteiger partial charge in [-0.3, -0.25) is 4.79 Å². The van der Waals surface area contributed by atoms with Crippen molar-refractivity contribution in [2.24, 2.45) is 5.92 Å². The number of carbonyl (C=O) groups is 1. The third kappa shape index (κ3) is 2.89. The van der Waals surface area contributed by atoms with Gasteiger partial charge in [0.2, 0.25) is 0 Å². The molecule has 0 heterocycles. The number of nitrogens with zero attached hydrogens (tertiary/aromatic N) is 1. The van der Waals surface area contributed by atoms with E-state index in [0.717, 1.165) is 24.2 Å². The first kappa shape index (κ1) is 15.8. The molecular weight excluding hydrogens is 286 g/mol. The lowest BCUT2D eigenvalue weighted by Gasteiger charge is -2.21. The highest BCUT2D eigenvalue weighted by Crippen LogP contribution is 2.37. The monoisotopic (exact) mass is 309 g/mol. The van der Waals surface area contributed by atoms with Crippen LogP contribution in [0.25, 0.3) is 0 Å². The molecule has 23 heavy (non-hydrogen) atoms. The summed E-state index contributed by atoms with van der Waals surface area (Å²) in [6.45, 7) is 6.24. The quantitative estimate of drug-likeness (QED) is 0.917. The Labute approximate surface area is 137 Å². The minimum Gasteiger partial charge on any atom is -0.388 e. The topological polar surface area (TPSA) is 40.5 Å². The molecule has 0 spiro atoms. The number of aliphatic hydroxyl groups excluding tert-OH is 1. The van der Waals surface area contributed by atoms with Crippen molar-refractivity contribution in [2.75, 3.05) is 18.0 Å². The van der Waals surface area contributed by atoms with Gasteiger partial charge in [-0.15, -0.1) is 0 Å². The van der Waals surface area contributed by atoms with Crippen LogP contribution < -0.4 is 4.90 Å². The SMILES string of the molecule is CCN(CC)c1ccc(C[C@H]2C(=O)c3ccccc3[C@@H]2O)cc1. The highest BCUT2D eigenvalue weighted by Gasteiger charge is 2.38. The van der Waals surface area contributed by atoms with Crippen LogP contribution in [0.2, 0.25) is 0 Å². The fourth-order valence-corrected chi connectivity index (χ4v) is 3.43. The summed E-state index contributed by atoms with van der Waals surface area (Å²) >= 11 is 0. The first-order valence-corrected chi connectivity index (χ1v) is 8.30. The van der Waals surface area contributed by atoms with Crippen LogP contribution >= 0.6 is 0 Å². The molecule has 3 rings (SSSR count). The molecule has 2 atom stereocenters.